The van der Waals surface area contributed by atoms with E-state index in [0.717, 1.165) is 23.1 Å². The zero-order valence-corrected chi connectivity index (χ0v) is 78.0. The van der Waals surface area contributed by atoms with Crippen LogP contribution in [0.4, 0.5) is 58.7 Å². The van der Waals surface area contributed by atoms with Crippen LogP contribution in [0, 0.1) is 5.92 Å². The first-order chi connectivity index (χ1) is 61.1. The summed E-state index contributed by atoms with van der Waals surface area (Å²) in [4.78, 5) is 184. The summed E-state index contributed by atoms with van der Waals surface area (Å²) in [6.45, 7) is 23.0. The van der Waals surface area contributed by atoms with Crippen LogP contribution in [0.3, 0.4) is 0 Å². The molecule has 8 atom stereocenters. The number of hydrogen-bond acceptors (Lipinski definition) is 27. The molecule has 0 bridgehead atoms. The third-order valence-corrected chi connectivity index (χ3v) is 21.3. The largest absolute Gasteiger partial charge is 0.491 e. The minimum atomic E-state index is -4.91. The van der Waals surface area contributed by atoms with E-state index in [9.17, 15) is 127 Å². The van der Waals surface area contributed by atoms with E-state index < -0.39 is 224 Å². The highest BCUT2D eigenvalue weighted by Gasteiger charge is 2.48. The van der Waals surface area contributed by atoms with Gasteiger partial charge in [-0.1, -0.05) is 12.1 Å². The molecule has 750 valence electrons. The fourth-order valence-electron chi connectivity index (χ4n) is 14.2. The summed E-state index contributed by atoms with van der Waals surface area (Å²) < 4.78 is 157. The fraction of sp³-hybridized carbons (Fsp3) is 0.598. The number of carboxylic acid groups (broad SMARTS) is 3. The number of nitrogens with one attached hydrogen (secondary N) is 5. The summed E-state index contributed by atoms with van der Waals surface area (Å²) in [6.07, 6.45) is -18.8. The number of benzene rings is 3. The van der Waals surface area contributed by atoms with Crippen LogP contribution in [0.25, 0.3) is 0 Å². The number of fused-ring (bicyclic) bond motifs is 3. The zero-order valence-electron chi connectivity index (χ0n) is 76.5. The van der Waals surface area contributed by atoms with Crippen molar-refractivity contribution in [3.63, 3.8) is 0 Å². The highest BCUT2D eigenvalue weighted by molar-refractivity contribution is 6.62. The Morgan fingerprint density at radius 2 is 0.637 bits per heavy atom. The van der Waals surface area contributed by atoms with Crippen molar-refractivity contribution in [1.82, 2.24) is 58.5 Å². The number of halogens is 11. The number of ketones is 3. The number of aliphatic carboxylic acids is 3. The number of alkyl carbamates (subject to hydrolysis) is 4. The first-order valence-electron chi connectivity index (χ1n) is 41.5. The topological polar surface area (TPSA) is 585 Å². The second-order valence-corrected chi connectivity index (χ2v) is 37.0. The molecule has 7 heterocycles. The normalized spacial score (nSPS) is 19.4. The number of hydrogen-bond donors (Lipinski definition) is 13. The highest BCUT2D eigenvalue weighted by Crippen LogP contribution is 2.39. The van der Waals surface area contributed by atoms with Crippen LogP contribution in [0.5, 0.6) is 0 Å². The van der Waals surface area contributed by atoms with Crippen molar-refractivity contribution >= 4 is 150 Å². The van der Waals surface area contributed by atoms with E-state index in [1.165, 1.54) is 34.6 Å². The summed E-state index contributed by atoms with van der Waals surface area (Å²) in [7, 11) is -4.83. The molecule has 7 aliphatic heterocycles. The number of ether oxygens (including phenoxy) is 4. The fourth-order valence-corrected chi connectivity index (χ4v) is 14.7. The van der Waals surface area contributed by atoms with Gasteiger partial charge in [0.2, 0.25) is 23.6 Å². The predicted molar refractivity (Wildman–Crippen MR) is 464 cm³/mol. The Labute approximate surface area is 781 Å². The van der Waals surface area contributed by atoms with Gasteiger partial charge in [-0.3, -0.25) is 47.9 Å². The number of Topliss-reactive ketones (excluding diaryl/α,β-unsaturated/α-hetero) is 3. The summed E-state index contributed by atoms with van der Waals surface area (Å²) >= 11 is 11.6. The van der Waals surface area contributed by atoms with Gasteiger partial charge in [0.1, 0.15) is 28.2 Å². The second kappa shape index (κ2) is 48.4. The number of carboxylic acids is 3. The van der Waals surface area contributed by atoms with Gasteiger partial charge < -0.3 is 127 Å². The third-order valence-electron chi connectivity index (χ3n) is 20.3. The maximum Gasteiger partial charge on any atom is 0.491 e. The van der Waals surface area contributed by atoms with Gasteiger partial charge in [0, 0.05) is 113 Å². The van der Waals surface area contributed by atoms with Crippen molar-refractivity contribution in [2.45, 2.75) is 256 Å². The molecular weight excluding hydrogens is 1860 g/mol. The molecule has 3 aromatic carbocycles. The van der Waals surface area contributed by atoms with Gasteiger partial charge in [0.05, 0.1) is 96.7 Å². The predicted octanol–water partition coefficient (Wildman–Crippen LogP) is 6.68. The van der Waals surface area contributed by atoms with E-state index in [0.29, 0.717) is 25.2 Å². The van der Waals surface area contributed by atoms with Crippen molar-refractivity contribution in [3.8, 4) is 0 Å². The second-order valence-electron chi connectivity index (χ2n) is 35.9. The molecule has 9 amide bonds. The van der Waals surface area contributed by atoms with Crippen molar-refractivity contribution in [2.75, 3.05) is 52.4 Å². The van der Waals surface area contributed by atoms with Crippen molar-refractivity contribution in [3.05, 3.63) is 86.5 Å². The van der Waals surface area contributed by atoms with Gasteiger partial charge in [0.15, 0.2) is 11.6 Å². The van der Waals surface area contributed by atoms with Crippen LogP contribution >= 0.6 is 23.2 Å². The van der Waals surface area contributed by atoms with Crippen molar-refractivity contribution < 1.29 is 175 Å². The first-order valence-corrected chi connectivity index (χ1v) is 42.4. The molecule has 39 nitrogen and oxygen atoms in total. The van der Waals surface area contributed by atoms with Gasteiger partial charge in [-0.05, 0) is 154 Å². The average Bonchev–Trinajstić information content (AvgIpc) is 1.67. The number of nitrogens with zero attached hydrogens (tertiary/aromatic N) is 4. The Morgan fingerprint density at radius 1 is 0.378 bits per heavy atom. The van der Waals surface area contributed by atoms with Gasteiger partial charge in [-0.2, -0.15) is 39.5 Å². The summed E-state index contributed by atoms with van der Waals surface area (Å²) in [5, 5.41) is 68.2. The van der Waals surface area contributed by atoms with Gasteiger partial charge in [0.25, 0.3) is 5.91 Å². The van der Waals surface area contributed by atoms with Gasteiger partial charge >= 0.3 is 82.2 Å². The smallest absolute Gasteiger partial charge is 0.481 e. The number of carbonyl (C=O) groups excluding carboxylic acids is 12. The molecule has 53 heteroatoms. The molecule has 0 saturated carbocycles. The molecule has 10 rings (SSSR count). The lowest BCUT2D eigenvalue weighted by atomic mass is 9.76. The molecule has 0 radical (unpaired) electrons. The first kappa shape index (κ1) is 117. The molecule has 135 heavy (non-hydrogen) atoms. The molecule has 3 aromatic rings. The number of likely N-dealkylation sites (tertiary alicyclic amines) is 4. The quantitative estimate of drug-likeness (QED) is 0.0164. The lowest BCUT2D eigenvalue weighted by Crippen LogP contribution is -2.52. The van der Waals surface area contributed by atoms with Crippen LogP contribution in [0.2, 0.25) is 0 Å². The standard InChI is InChI=1S/C27H24B2F6N2O9.C19H33N3O6.C18H31N3O7.C10H8BF3O3.C8H11Cl2NO3.2H3N/c30-26(31,32)17-3-12(5-19-15(17)10-45-28(19)43)22(38)7-14-8-37(23(39)1-2-24(40)41)9-21(14)36-25(42)13-4-18(27(33,34)35)16-11-46-29(44)20(16)6-13;1-12(23)8-9-15(24)22-10-13(20-16(25)27-18(2,3)4)14(11-22)21-17(26)28-19(5,6)7;1-17(2,3)27-15(25)19-11-9-21(13(22)7-8-14(23)24)10-12(11)20-16(26)28-18(4,5)6;1-5(15)6-2-8(10(12,13)14)7-4-17-11(16)9(7)3-6;9-5-3-11(4-6(5)10)7(12)1-2-8(13)14;;/h3-6,14,21,43-44H,1-2,7-11H2,(H,36,42)(H,40,41);13-14H,8-11H2,1-7H3,(H,20,25)(H,21,26);11-12H,7-10H2,1-6H3,(H,19,25)(H,20,26)(H,23,24);2-3,16H,4H2,1H3;5-6H,1-4H2,(H,13,14);2*1H3/t14-,21-;13-,14-;11-,12-;;5-,6-;;/m000.0../s1. The van der Waals surface area contributed by atoms with Crippen LogP contribution in [0.15, 0.2) is 36.4 Å². The number of amides is 9. The zero-order chi connectivity index (χ0) is 101. The lowest BCUT2D eigenvalue weighted by molar-refractivity contribution is -0.140. The molecule has 0 spiro atoms. The van der Waals surface area contributed by atoms with Crippen LogP contribution in [0.1, 0.15) is 219 Å². The molecule has 0 aromatic heterocycles. The molecule has 0 unspecified atom stereocenters. The molecule has 7 aliphatic rings. The average molecular weight is 1980 g/mol. The third kappa shape index (κ3) is 36.7. The van der Waals surface area contributed by atoms with Crippen molar-refractivity contribution in [2.24, 2.45) is 5.92 Å². The highest BCUT2D eigenvalue weighted by atomic mass is 35.5. The van der Waals surface area contributed by atoms with Crippen LogP contribution in [-0.2, 0) is 110 Å². The maximum atomic E-state index is 13.8. The monoisotopic (exact) mass is 1970 g/mol. The number of carbonyl (C=O) groups is 15. The maximum absolute atomic E-state index is 13.8. The number of alkyl halides is 11. The van der Waals surface area contributed by atoms with Crippen LogP contribution in [-0.4, -0.2) is 276 Å². The van der Waals surface area contributed by atoms with E-state index in [4.69, 9.17) is 71.4 Å². The van der Waals surface area contributed by atoms with Crippen LogP contribution < -0.4 is 55.3 Å². The summed E-state index contributed by atoms with van der Waals surface area (Å²) in [5.41, 5.74) is -8.37. The minimum absolute atomic E-state index is 0. The van der Waals surface area contributed by atoms with Gasteiger partial charge in [-0.25, -0.2) is 19.2 Å². The van der Waals surface area contributed by atoms with E-state index >= 15 is 0 Å². The van der Waals surface area contributed by atoms with E-state index in [-0.39, 0.29) is 170 Å². The molecular formula is C82H113B3Cl2F9N11O28. The molecule has 0 aliphatic carbocycles. The van der Waals surface area contributed by atoms with E-state index in [1.807, 2.05) is 0 Å². The summed E-state index contributed by atoms with van der Waals surface area (Å²) in [6, 6.07) is 1.90. The molecule has 4 saturated heterocycles. The molecule has 4 fully saturated rings. The van der Waals surface area contributed by atoms with Gasteiger partial charge in [-0.15, -0.1) is 23.2 Å². The Kier molecular flexibility index (Phi) is 41.8. The number of rotatable bonds is 22. The Morgan fingerprint density at radius 3 is 0.919 bits per heavy atom. The SMILES string of the molecule is CC(=O)CCC(=O)N1C[C@H](NC(=O)OC(C)(C)C)[C@@H](NC(=O)OC(C)(C)C)C1.CC(=O)c1cc2c(c(C(F)(F)F)c1)COB2O.CC(C)(C)OC(=O)N[C@H]1CN(C(=O)CCC(=O)O)C[C@@H]1NC(=O)OC(C)(C)C.N.N.O=C(O)CCC(=O)N1C[C@H](CC(=O)c2cc3c(c(C(F)(F)F)c2)COB3O)[C@@H](NC(=O)c2cc3c(c(C(F)(F)F)c2)COB3O)C1.O=C(O)CCC(=O)N1C[C@H](Cl)[C@@H](Cl)C1. The van der Waals surface area contributed by atoms with E-state index in [1.54, 1.807) is 83.1 Å². The lowest BCUT2D eigenvalue weighted by Gasteiger charge is -2.26. The summed E-state index contributed by atoms with van der Waals surface area (Å²) in [5.74, 6) is -8.17. The molecule has 17 N–H and O–H groups in total. The Balaban J connectivity index is 0.000000374. The Bertz CT molecular complexity index is 4530. The van der Waals surface area contributed by atoms with Crippen molar-refractivity contribution in [1.29, 1.82) is 0 Å². The minimum Gasteiger partial charge on any atom is -0.481 e. The Hall–Kier alpha value is -10.7. The van der Waals surface area contributed by atoms with E-state index in [2.05, 4.69) is 26.6 Å².